The van der Waals surface area contributed by atoms with Crippen molar-refractivity contribution in [2.45, 2.75) is 97.3 Å². The molecule has 1 saturated carbocycles. The lowest BCUT2D eigenvalue weighted by atomic mass is 9.80. The van der Waals surface area contributed by atoms with Gasteiger partial charge in [-0.1, -0.05) is 65.2 Å². The molecule has 0 N–H and O–H groups in total. The van der Waals surface area contributed by atoms with E-state index >= 15 is 0 Å². The molecular weight excluding hydrogens is 572 g/mol. The van der Waals surface area contributed by atoms with E-state index in [1.807, 2.05) is 6.92 Å². The fourth-order valence-electron chi connectivity index (χ4n) is 5.31. The molecule has 0 aromatic heterocycles. The van der Waals surface area contributed by atoms with Gasteiger partial charge in [0.25, 0.3) is 0 Å². The molecule has 0 heterocycles. The maximum Gasteiger partial charge on any atom is 0.314 e. The minimum atomic E-state index is -2.39. The molecule has 0 bridgehead atoms. The summed E-state index contributed by atoms with van der Waals surface area (Å²) in [5.74, 6) is -22.9. The monoisotopic (exact) mass is 608 g/mol. The Hall–Kier alpha value is -2.85. The fourth-order valence-corrected chi connectivity index (χ4v) is 5.31. The topological polar surface area (TPSA) is 35.5 Å². The molecule has 3 rings (SSSR count). The third-order valence-electron chi connectivity index (χ3n) is 7.79. The van der Waals surface area contributed by atoms with E-state index in [0.717, 1.165) is 44.9 Å². The Balaban J connectivity index is 1.83. The van der Waals surface area contributed by atoms with Crippen molar-refractivity contribution in [2.24, 2.45) is 11.8 Å². The molecule has 0 unspecified atom stereocenters. The normalized spacial score (nSPS) is 17.0. The van der Waals surface area contributed by atoms with Gasteiger partial charge in [-0.15, -0.1) is 0 Å². The second kappa shape index (κ2) is 15.6. The lowest BCUT2D eigenvalue weighted by molar-refractivity contribution is -0.140. The number of benzene rings is 2. The molecule has 0 saturated heterocycles. The molecule has 2 aromatic rings. The molecule has 234 valence electrons. The van der Waals surface area contributed by atoms with Crippen LogP contribution in [0.2, 0.25) is 0 Å². The van der Waals surface area contributed by atoms with E-state index in [2.05, 4.69) is 11.7 Å². The van der Waals surface area contributed by atoms with Crippen LogP contribution in [0.3, 0.4) is 0 Å². The van der Waals surface area contributed by atoms with E-state index in [9.17, 15) is 39.9 Å². The SMILES string of the molecule is CCCCCCCOc1c(F)c(F)c(-c2c(F)c(F)c(OC(=O)C3CCC(CCCCC)CC3)c(F)c2F)c(F)c1F. The van der Waals surface area contributed by atoms with Crippen LogP contribution in [0.4, 0.5) is 35.1 Å². The van der Waals surface area contributed by atoms with Crippen LogP contribution < -0.4 is 9.47 Å². The van der Waals surface area contributed by atoms with Crippen molar-refractivity contribution in [3.63, 3.8) is 0 Å². The molecule has 0 atom stereocenters. The lowest BCUT2D eigenvalue weighted by Crippen LogP contribution is -2.26. The minimum absolute atomic E-state index is 0.303. The first-order chi connectivity index (χ1) is 20.0. The van der Waals surface area contributed by atoms with Crippen LogP contribution in [0.5, 0.6) is 11.5 Å². The van der Waals surface area contributed by atoms with Crippen LogP contribution in [-0.2, 0) is 4.79 Å². The Morgan fingerprint density at radius 1 is 0.595 bits per heavy atom. The second-order valence-corrected chi connectivity index (χ2v) is 10.8. The summed E-state index contributed by atoms with van der Waals surface area (Å²) in [6.45, 7) is 3.75. The summed E-state index contributed by atoms with van der Waals surface area (Å²) in [6, 6.07) is 0. The van der Waals surface area contributed by atoms with Crippen molar-refractivity contribution >= 4 is 5.97 Å². The predicted octanol–water partition coefficient (Wildman–Crippen LogP) is 10.1. The number of unbranched alkanes of at least 4 members (excludes halogenated alkanes) is 6. The molecule has 11 heteroatoms. The van der Waals surface area contributed by atoms with E-state index in [4.69, 9.17) is 4.74 Å². The van der Waals surface area contributed by atoms with Gasteiger partial charge in [-0.05, 0) is 38.0 Å². The third kappa shape index (κ3) is 7.56. The molecular formula is C31H36F8O3. The first-order valence-corrected chi connectivity index (χ1v) is 14.6. The van der Waals surface area contributed by atoms with Crippen LogP contribution in [0.15, 0.2) is 0 Å². The van der Waals surface area contributed by atoms with Gasteiger partial charge >= 0.3 is 5.97 Å². The molecule has 1 aliphatic carbocycles. The first kappa shape index (κ1) is 33.6. The van der Waals surface area contributed by atoms with Crippen molar-refractivity contribution in [2.75, 3.05) is 6.61 Å². The summed E-state index contributed by atoms with van der Waals surface area (Å²) in [4.78, 5) is 12.6. The summed E-state index contributed by atoms with van der Waals surface area (Å²) in [7, 11) is 0. The molecule has 1 aliphatic rings. The Kier molecular flexibility index (Phi) is 12.5. The highest BCUT2D eigenvalue weighted by molar-refractivity contribution is 5.76. The highest BCUT2D eigenvalue weighted by atomic mass is 19.2. The highest BCUT2D eigenvalue weighted by Crippen LogP contribution is 2.42. The number of carbonyl (C=O) groups excluding carboxylic acids is 1. The summed E-state index contributed by atoms with van der Waals surface area (Å²) in [5.41, 5.74) is -4.04. The van der Waals surface area contributed by atoms with Gasteiger partial charge in [-0.3, -0.25) is 4.79 Å². The summed E-state index contributed by atoms with van der Waals surface area (Å²) >= 11 is 0. The quantitative estimate of drug-likeness (QED) is 0.0704. The first-order valence-electron chi connectivity index (χ1n) is 14.6. The number of rotatable bonds is 14. The van der Waals surface area contributed by atoms with Crippen molar-refractivity contribution in [1.82, 2.24) is 0 Å². The van der Waals surface area contributed by atoms with Gasteiger partial charge in [-0.25, -0.2) is 17.6 Å². The average molecular weight is 609 g/mol. The van der Waals surface area contributed by atoms with Crippen molar-refractivity contribution in [1.29, 1.82) is 0 Å². The van der Waals surface area contributed by atoms with Gasteiger partial charge in [0, 0.05) is 0 Å². The van der Waals surface area contributed by atoms with Crippen LogP contribution in [0.1, 0.15) is 97.3 Å². The maximum absolute atomic E-state index is 15.0. The van der Waals surface area contributed by atoms with E-state index in [0.29, 0.717) is 44.4 Å². The Morgan fingerprint density at radius 2 is 1.05 bits per heavy atom. The van der Waals surface area contributed by atoms with Crippen LogP contribution in [0.25, 0.3) is 11.1 Å². The number of hydrogen-bond acceptors (Lipinski definition) is 3. The van der Waals surface area contributed by atoms with E-state index in [1.54, 1.807) is 0 Å². The summed E-state index contributed by atoms with van der Waals surface area (Å²) in [6.07, 6.45) is 9.78. The van der Waals surface area contributed by atoms with Crippen molar-refractivity contribution in [3.8, 4) is 22.6 Å². The molecule has 2 aromatic carbocycles. The molecule has 0 aliphatic heterocycles. The Bertz CT molecular complexity index is 1180. The molecule has 0 radical (unpaired) electrons. The largest absolute Gasteiger partial charge is 0.487 e. The van der Waals surface area contributed by atoms with E-state index in [1.165, 1.54) is 0 Å². The summed E-state index contributed by atoms with van der Waals surface area (Å²) < 4.78 is 128. The van der Waals surface area contributed by atoms with Crippen molar-refractivity contribution in [3.05, 3.63) is 46.5 Å². The minimum Gasteiger partial charge on any atom is -0.487 e. The highest BCUT2D eigenvalue weighted by Gasteiger charge is 2.37. The van der Waals surface area contributed by atoms with Gasteiger partial charge in [0.15, 0.2) is 29.0 Å². The zero-order valence-corrected chi connectivity index (χ0v) is 23.8. The maximum atomic E-state index is 15.0. The van der Waals surface area contributed by atoms with Gasteiger partial charge in [-0.2, -0.15) is 17.6 Å². The van der Waals surface area contributed by atoms with Gasteiger partial charge in [0.2, 0.25) is 29.0 Å². The van der Waals surface area contributed by atoms with Crippen LogP contribution in [0, 0.1) is 58.4 Å². The molecule has 0 spiro atoms. The van der Waals surface area contributed by atoms with Crippen molar-refractivity contribution < 1.29 is 49.4 Å². The van der Waals surface area contributed by atoms with E-state index < -0.39 is 81.1 Å². The summed E-state index contributed by atoms with van der Waals surface area (Å²) in [5, 5.41) is 0. The fraction of sp³-hybridized carbons (Fsp3) is 0.581. The van der Waals surface area contributed by atoms with Crippen LogP contribution in [-0.4, -0.2) is 12.6 Å². The van der Waals surface area contributed by atoms with Crippen LogP contribution >= 0.6 is 0 Å². The molecule has 1 fully saturated rings. The Morgan fingerprint density at radius 3 is 1.55 bits per heavy atom. The standard InChI is InChI=1S/C31H36F8O3/c1-3-5-7-8-10-16-41-29-25(36)21(32)19(22(33)26(29)37)20-23(34)27(38)30(28(39)24(20)35)42-31(40)18-14-12-17(13-15-18)11-9-6-4-2/h17-18H,3-16H2,1-2H3. The zero-order chi connectivity index (χ0) is 31.0. The number of hydrogen-bond donors (Lipinski definition) is 0. The third-order valence-corrected chi connectivity index (χ3v) is 7.79. The molecule has 42 heavy (non-hydrogen) atoms. The van der Waals surface area contributed by atoms with Gasteiger partial charge < -0.3 is 9.47 Å². The number of esters is 1. The van der Waals surface area contributed by atoms with E-state index in [-0.39, 0.29) is 6.61 Å². The number of ether oxygens (including phenoxy) is 2. The number of carbonyl (C=O) groups is 1. The Labute approximate surface area is 240 Å². The van der Waals surface area contributed by atoms with Gasteiger partial charge in [0.05, 0.1) is 23.7 Å². The smallest absolute Gasteiger partial charge is 0.314 e. The zero-order valence-electron chi connectivity index (χ0n) is 23.8. The second-order valence-electron chi connectivity index (χ2n) is 10.8. The van der Waals surface area contributed by atoms with Gasteiger partial charge in [0.1, 0.15) is 0 Å². The number of halogens is 8. The molecule has 0 amide bonds. The predicted molar refractivity (Wildman–Crippen MR) is 141 cm³/mol. The molecule has 3 nitrogen and oxygen atoms in total. The lowest BCUT2D eigenvalue weighted by Gasteiger charge is -2.27. The average Bonchev–Trinajstić information content (AvgIpc) is 2.98.